The first-order valence-corrected chi connectivity index (χ1v) is 7.48. The van der Waals surface area contributed by atoms with E-state index in [9.17, 15) is 10.1 Å². The van der Waals surface area contributed by atoms with E-state index in [1.54, 1.807) is 0 Å². The third-order valence-corrected chi connectivity index (χ3v) is 4.22. The number of rotatable bonds is 5. The third-order valence-electron chi connectivity index (χ3n) is 4.01. The molecule has 1 N–H and O–H groups in total. The lowest BCUT2D eigenvalue weighted by Crippen LogP contribution is -2.16. The summed E-state index contributed by atoms with van der Waals surface area (Å²) in [6.45, 7) is 3.02. The Bertz CT molecular complexity index is 473. The van der Waals surface area contributed by atoms with Crippen LogP contribution in [0.5, 0.6) is 0 Å². The molecule has 1 saturated carbocycles. The maximum Gasteiger partial charge on any atom is 0.312 e. The summed E-state index contributed by atoms with van der Waals surface area (Å²) in [5.74, 6) is 1.88. The molecular formula is C14H20ClN3O2. The minimum atomic E-state index is -0.455. The van der Waals surface area contributed by atoms with Gasteiger partial charge in [-0.15, -0.1) is 0 Å². The molecule has 0 aliphatic heterocycles. The van der Waals surface area contributed by atoms with Crippen molar-refractivity contribution in [2.45, 2.75) is 39.0 Å². The summed E-state index contributed by atoms with van der Waals surface area (Å²) in [4.78, 5) is 14.5. The maximum atomic E-state index is 10.9. The van der Waals surface area contributed by atoms with E-state index in [1.165, 1.54) is 37.9 Å². The second-order valence-corrected chi connectivity index (χ2v) is 6.06. The standard InChI is InChI=1S/C14H20ClN3O2/c1-10-2-4-11(5-3-10)6-7-16-14-13(18(19)20)8-12(15)9-17-14/h8-11H,2-7H2,1H3,(H,16,17). The van der Waals surface area contributed by atoms with Gasteiger partial charge in [0.05, 0.1) is 9.95 Å². The first kappa shape index (κ1) is 15.0. The molecule has 0 radical (unpaired) electrons. The van der Waals surface area contributed by atoms with Crippen LogP contribution in [0, 0.1) is 22.0 Å². The van der Waals surface area contributed by atoms with Crippen molar-refractivity contribution in [1.29, 1.82) is 0 Å². The minimum Gasteiger partial charge on any atom is -0.364 e. The summed E-state index contributed by atoms with van der Waals surface area (Å²) in [7, 11) is 0. The highest BCUT2D eigenvalue weighted by Crippen LogP contribution is 2.31. The molecule has 0 aromatic carbocycles. The molecule has 2 rings (SSSR count). The average molecular weight is 298 g/mol. The number of aromatic nitrogens is 1. The molecule has 5 nitrogen and oxygen atoms in total. The lowest BCUT2D eigenvalue weighted by molar-refractivity contribution is -0.384. The highest BCUT2D eigenvalue weighted by molar-refractivity contribution is 6.30. The molecule has 0 spiro atoms. The van der Waals surface area contributed by atoms with Crippen molar-refractivity contribution in [3.8, 4) is 0 Å². The molecule has 1 heterocycles. The van der Waals surface area contributed by atoms with Crippen LogP contribution in [0.1, 0.15) is 39.0 Å². The number of pyridine rings is 1. The average Bonchev–Trinajstić information content (AvgIpc) is 2.42. The Morgan fingerprint density at radius 1 is 1.45 bits per heavy atom. The van der Waals surface area contributed by atoms with E-state index in [4.69, 9.17) is 11.6 Å². The van der Waals surface area contributed by atoms with E-state index >= 15 is 0 Å². The predicted molar refractivity (Wildman–Crippen MR) is 80.1 cm³/mol. The number of halogens is 1. The van der Waals surface area contributed by atoms with Crippen molar-refractivity contribution >= 4 is 23.1 Å². The molecule has 20 heavy (non-hydrogen) atoms. The Labute approximate surface area is 123 Å². The summed E-state index contributed by atoms with van der Waals surface area (Å²) < 4.78 is 0. The molecule has 0 unspecified atom stereocenters. The summed E-state index contributed by atoms with van der Waals surface area (Å²) in [6.07, 6.45) is 7.58. The van der Waals surface area contributed by atoms with Gasteiger partial charge in [0.25, 0.3) is 0 Å². The molecule has 0 atom stereocenters. The van der Waals surface area contributed by atoms with E-state index in [0.717, 1.165) is 18.3 Å². The highest BCUT2D eigenvalue weighted by atomic mass is 35.5. The van der Waals surface area contributed by atoms with Gasteiger partial charge in [-0.2, -0.15) is 0 Å². The van der Waals surface area contributed by atoms with Crippen molar-refractivity contribution in [1.82, 2.24) is 4.98 Å². The van der Waals surface area contributed by atoms with Gasteiger partial charge in [-0.05, 0) is 18.3 Å². The summed E-state index contributed by atoms with van der Waals surface area (Å²) in [5, 5.41) is 14.3. The third kappa shape index (κ3) is 4.07. The Morgan fingerprint density at radius 2 is 2.15 bits per heavy atom. The van der Waals surface area contributed by atoms with Gasteiger partial charge in [0, 0.05) is 18.8 Å². The molecule has 1 aliphatic rings. The Kier molecular flexibility index (Phi) is 5.17. The molecular weight excluding hydrogens is 278 g/mol. The Morgan fingerprint density at radius 3 is 2.80 bits per heavy atom. The number of nitrogens with one attached hydrogen (secondary N) is 1. The lowest BCUT2D eigenvalue weighted by atomic mass is 9.81. The first-order chi connectivity index (χ1) is 9.56. The van der Waals surface area contributed by atoms with Crippen molar-refractivity contribution in [3.63, 3.8) is 0 Å². The van der Waals surface area contributed by atoms with Gasteiger partial charge in [-0.25, -0.2) is 4.98 Å². The number of nitro groups is 1. The van der Waals surface area contributed by atoms with Crippen molar-refractivity contribution in [2.24, 2.45) is 11.8 Å². The zero-order valence-electron chi connectivity index (χ0n) is 11.6. The van der Waals surface area contributed by atoms with Crippen LogP contribution in [0.3, 0.4) is 0 Å². The van der Waals surface area contributed by atoms with Gasteiger partial charge in [0.2, 0.25) is 5.82 Å². The van der Waals surface area contributed by atoms with Crippen molar-refractivity contribution in [2.75, 3.05) is 11.9 Å². The second kappa shape index (κ2) is 6.88. The summed E-state index contributed by atoms with van der Waals surface area (Å²) in [6, 6.07) is 1.33. The molecule has 1 aromatic rings. The predicted octanol–water partition coefficient (Wildman–Crippen LogP) is 4.27. The lowest BCUT2D eigenvalue weighted by Gasteiger charge is -2.26. The summed E-state index contributed by atoms with van der Waals surface area (Å²) >= 11 is 5.74. The molecule has 1 fully saturated rings. The maximum absolute atomic E-state index is 10.9. The van der Waals surface area contributed by atoms with Gasteiger partial charge >= 0.3 is 5.69 Å². The minimum absolute atomic E-state index is 0.0604. The molecule has 110 valence electrons. The van der Waals surface area contributed by atoms with Crippen LogP contribution >= 0.6 is 11.6 Å². The fraction of sp³-hybridized carbons (Fsp3) is 0.643. The van der Waals surface area contributed by atoms with E-state index < -0.39 is 4.92 Å². The molecule has 1 aromatic heterocycles. The van der Waals surface area contributed by atoms with Gasteiger partial charge in [0.15, 0.2) is 0 Å². The monoisotopic (exact) mass is 297 g/mol. The van der Waals surface area contributed by atoms with Crippen LogP contribution in [-0.2, 0) is 0 Å². The molecule has 1 aliphatic carbocycles. The van der Waals surface area contributed by atoms with Crippen LogP contribution in [0.2, 0.25) is 5.02 Å². The van der Waals surface area contributed by atoms with Crippen LogP contribution in [0.4, 0.5) is 11.5 Å². The SMILES string of the molecule is CC1CCC(CCNc2ncc(Cl)cc2[N+](=O)[O-])CC1. The number of anilines is 1. The Balaban J connectivity index is 1.86. The first-order valence-electron chi connectivity index (χ1n) is 7.10. The van der Waals surface area contributed by atoms with Gasteiger partial charge in [0.1, 0.15) is 0 Å². The van der Waals surface area contributed by atoms with E-state index in [2.05, 4.69) is 17.2 Å². The number of nitrogens with zero attached hydrogens (tertiary/aromatic N) is 2. The summed E-state index contributed by atoms with van der Waals surface area (Å²) in [5.41, 5.74) is -0.0604. The quantitative estimate of drug-likeness (QED) is 0.651. The zero-order chi connectivity index (χ0) is 14.5. The Hall–Kier alpha value is -1.36. The van der Waals surface area contributed by atoms with E-state index in [1.807, 2.05) is 0 Å². The molecule has 0 amide bonds. The van der Waals surface area contributed by atoms with Crippen molar-refractivity contribution < 1.29 is 4.92 Å². The fourth-order valence-electron chi connectivity index (χ4n) is 2.72. The zero-order valence-corrected chi connectivity index (χ0v) is 12.4. The topological polar surface area (TPSA) is 68.1 Å². The van der Waals surface area contributed by atoms with Gasteiger partial charge in [-0.1, -0.05) is 44.2 Å². The van der Waals surface area contributed by atoms with Crippen LogP contribution in [-0.4, -0.2) is 16.5 Å². The van der Waals surface area contributed by atoms with Crippen LogP contribution in [0.15, 0.2) is 12.3 Å². The van der Waals surface area contributed by atoms with Gasteiger partial charge < -0.3 is 5.32 Å². The second-order valence-electron chi connectivity index (χ2n) is 5.62. The number of hydrogen-bond acceptors (Lipinski definition) is 4. The van der Waals surface area contributed by atoms with E-state index in [0.29, 0.717) is 12.4 Å². The van der Waals surface area contributed by atoms with Crippen molar-refractivity contribution in [3.05, 3.63) is 27.4 Å². The van der Waals surface area contributed by atoms with Gasteiger partial charge in [-0.3, -0.25) is 10.1 Å². The number of hydrogen-bond donors (Lipinski definition) is 1. The molecule has 6 heteroatoms. The van der Waals surface area contributed by atoms with Crippen LogP contribution in [0.25, 0.3) is 0 Å². The van der Waals surface area contributed by atoms with E-state index in [-0.39, 0.29) is 10.7 Å². The molecule has 0 bridgehead atoms. The normalized spacial score (nSPS) is 22.5. The molecule has 0 saturated heterocycles. The largest absolute Gasteiger partial charge is 0.364 e. The van der Waals surface area contributed by atoms with Crippen LogP contribution < -0.4 is 5.32 Å². The smallest absolute Gasteiger partial charge is 0.312 e. The fourth-order valence-corrected chi connectivity index (χ4v) is 2.87. The highest BCUT2D eigenvalue weighted by Gasteiger charge is 2.19.